The van der Waals surface area contributed by atoms with E-state index in [1.807, 2.05) is 0 Å². The summed E-state index contributed by atoms with van der Waals surface area (Å²) in [5, 5.41) is 8.67. The number of carboxylic acids is 1. The van der Waals surface area contributed by atoms with Crippen LogP contribution in [0.1, 0.15) is 20.7 Å². The molecule has 5 nitrogen and oxygen atoms in total. The minimum absolute atomic E-state index is 0.0440. The number of nitrogens with zero attached hydrogens (tertiary/aromatic N) is 1. The summed E-state index contributed by atoms with van der Waals surface area (Å²) in [6.45, 7) is 0. The lowest BCUT2D eigenvalue weighted by Crippen LogP contribution is -2.10. The van der Waals surface area contributed by atoms with Crippen molar-refractivity contribution in [2.45, 2.75) is 0 Å². The minimum Gasteiger partial charge on any atom is -0.478 e. The number of ether oxygens (including phenoxy) is 1. The van der Waals surface area contributed by atoms with Crippen LogP contribution in [0.5, 0.6) is 0 Å². The van der Waals surface area contributed by atoms with Gasteiger partial charge in [-0.1, -0.05) is 0 Å². The molecular weight excluding hydrogens is 174 g/mol. The van der Waals surface area contributed by atoms with Crippen molar-refractivity contribution in [2.75, 3.05) is 7.11 Å². The van der Waals surface area contributed by atoms with Gasteiger partial charge in [0.05, 0.1) is 18.2 Å². The van der Waals surface area contributed by atoms with Gasteiger partial charge in [0.2, 0.25) is 0 Å². The lowest BCUT2D eigenvalue weighted by Gasteiger charge is -2.01. The number of hydrogen-bond acceptors (Lipinski definition) is 4. The standard InChI is InChI=1S/C8H7NO4/c1-13-8(12)6-4-9-3-2-5(6)7(10)11/h2-4H,1H3,(H,10,11). The molecule has 0 atom stereocenters. The maximum atomic E-state index is 11.0. The summed E-state index contributed by atoms with van der Waals surface area (Å²) >= 11 is 0. The molecule has 0 aliphatic rings. The van der Waals surface area contributed by atoms with Gasteiger partial charge in [-0.05, 0) is 6.07 Å². The quantitative estimate of drug-likeness (QED) is 0.675. The highest BCUT2D eigenvalue weighted by atomic mass is 16.5. The molecule has 0 fully saturated rings. The largest absolute Gasteiger partial charge is 0.478 e. The van der Waals surface area contributed by atoms with Gasteiger partial charge < -0.3 is 9.84 Å². The Bertz CT molecular complexity index is 348. The Morgan fingerprint density at radius 3 is 2.69 bits per heavy atom. The smallest absolute Gasteiger partial charge is 0.340 e. The van der Waals surface area contributed by atoms with Gasteiger partial charge >= 0.3 is 11.9 Å². The molecule has 0 radical (unpaired) electrons. The van der Waals surface area contributed by atoms with Gasteiger partial charge in [-0.2, -0.15) is 0 Å². The third-order valence-corrected chi connectivity index (χ3v) is 1.46. The SMILES string of the molecule is COC(=O)c1cnccc1C(=O)O. The van der Waals surface area contributed by atoms with E-state index in [0.717, 1.165) is 6.20 Å². The van der Waals surface area contributed by atoms with Crippen molar-refractivity contribution in [2.24, 2.45) is 0 Å². The van der Waals surface area contributed by atoms with Crippen LogP contribution in [0.4, 0.5) is 0 Å². The van der Waals surface area contributed by atoms with Crippen LogP contribution in [0.3, 0.4) is 0 Å². The third kappa shape index (κ3) is 1.81. The predicted octanol–water partition coefficient (Wildman–Crippen LogP) is 0.566. The molecule has 13 heavy (non-hydrogen) atoms. The molecule has 1 rings (SSSR count). The maximum absolute atomic E-state index is 11.0. The molecule has 0 unspecified atom stereocenters. The Morgan fingerprint density at radius 1 is 1.46 bits per heavy atom. The maximum Gasteiger partial charge on any atom is 0.340 e. The summed E-state index contributed by atoms with van der Waals surface area (Å²) in [6.07, 6.45) is 2.46. The molecule has 0 bridgehead atoms. The number of carbonyl (C=O) groups is 2. The van der Waals surface area contributed by atoms with Gasteiger partial charge in [-0.3, -0.25) is 4.98 Å². The van der Waals surface area contributed by atoms with E-state index >= 15 is 0 Å². The van der Waals surface area contributed by atoms with Gasteiger partial charge in [0, 0.05) is 12.4 Å². The molecule has 0 aliphatic carbocycles. The zero-order valence-corrected chi connectivity index (χ0v) is 6.85. The molecule has 1 N–H and O–H groups in total. The Morgan fingerprint density at radius 2 is 2.15 bits per heavy atom. The number of carboxylic acid groups (broad SMARTS) is 1. The first kappa shape index (κ1) is 9.18. The fourth-order valence-electron chi connectivity index (χ4n) is 0.854. The molecule has 1 heterocycles. The van der Waals surface area contributed by atoms with E-state index in [9.17, 15) is 9.59 Å². The number of esters is 1. The van der Waals surface area contributed by atoms with Crippen LogP contribution < -0.4 is 0 Å². The lowest BCUT2D eigenvalue weighted by molar-refractivity contribution is 0.0582. The van der Waals surface area contributed by atoms with E-state index in [1.54, 1.807) is 0 Å². The van der Waals surface area contributed by atoms with Gasteiger partial charge in [0.15, 0.2) is 0 Å². The highest BCUT2D eigenvalue weighted by molar-refractivity contribution is 6.01. The van der Waals surface area contributed by atoms with Crippen LogP contribution in [-0.2, 0) is 4.74 Å². The van der Waals surface area contributed by atoms with Gasteiger partial charge in [0.1, 0.15) is 0 Å². The van der Waals surface area contributed by atoms with Crippen LogP contribution >= 0.6 is 0 Å². The Hall–Kier alpha value is -1.91. The van der Waals surface area contributed by atoms with Crippen molar-refractivity contribution < 1.29 is 19.4 Å². The molecule has 0 aliphatic heterocycles. The first-order chi connectivity index (χ1) is 6.16. The summed E-state index contributed by atoms with van der Waals surface area (Å²) in [6, 6.07) is 1.24. The van der Waals surface area contributed by atoms with Crippen LogP contribution in [0, 0.1) is 0 Å². The molecule has 0 amide bonds. The summed E-state index contributed by atoms with van der Waals surface area (Å²) in [5.74, 6) is -1.88. The summed E-state index contributed by atoms with van der Waals surface area (Å²) in [4.78, 5) is 25.3. The van der Waals surface area contributed by atoms with E-state index in [-0.39, 0.29) is 11.1 Å². The van der Waals surface area contributed by atoms with E-state index < -0.39 is 11.9 Å². The van der Waals surface area contributed by atoms with E-state index in [0.29, 0.717) is 0 Å². The van der Waals surface area contributed by atoms with Crippen molar-refractivity contribution in [1.29, 1.82) is 0 Å². The topological polar surface area (TPSA) is 76.5 Å². The highest BCUT2D eigenvalue weighted by Crippen LogP contribution is 2.07. The van der Waals surface area contributed by atoms with Crippen LogP contribution in [-0.4, -0.2) is 29.1 Å². The lowest BCUT2D eigenvalue weighted by atomic mass is 10.1. The fraction of sp³-hybridized carbons (Fsp3) is 0.125. The number of methoxy groups -OCH3 is 1. The summed E-state index contributed by atoms with van der Waals surface area (Å²) in [5.41, 5.74) is -0.153. The molecule has 0 saturated heterocycles. The fourth-order valence-corrected chi connectivity index (χ4v) is 0.854. The zero-order chi connectivity index (χ0) is 9.84. The Labute approximate surface area is 74.0 Å². The van der Waals surface area contributed by atoms with Crippen molar-refractivity contribution in [3.05, 3.63) is 29.6 Å². The number of aromatic carboxylic acids is 1. The number of rotatable bonds is 2. The van der Waals surface area contributed by atoms with Crippen LogP contribution in [0.2, 0.25) is 0 Å². The normalized spacial score (nSPS) is 9.31. The zero-order valence-electron chi connectivity index (χ0n) is 6.85. The summed E-state index contributed by atoms with van der Waals surface area (Å²) in [7, 11) is 1.18. The van der Waals surface area contributed by atoms with Crippen LogP contribution in [0.25, 0.3) is 0 Å². The van der Waals surface area contributed by atoms with E-state index in [1.165, 1.54) is 19.4 Å². The molecule has 68 valence electrons. The van der Waals surface area contributed by atoms with Crippen LogP contribution in [0.15, 0.2) is 18.5 Å². The molecule has 5 heteroatoms. The summed E-state index contributed by atoms with van der Waals surface area (Å²) < 4.78 is 4.38. The molecular formula is C8H7NO4. The molecule has 1 aromatic heterocycles. The van der Waals surface area contributed by atoms with E-state index in [4.69, 9.17) is 5.11 Å². The predicted molar refractivity (Wildman–Crippen MR) is 42.5 cm³/mol. The monoisotopic (exact) mass is 181 g/mol. The van der Waals surface area contributed by atoms with Gasteiger partial charge in [-0.15, -0.1) is 0 Å². The number of hydrogen-bond donors (Lipinski definition) is 1. The van der Waals surface area contributed by atoms with Gasteiger partial charge in [-0.25, -0.2) is 9.59 Å². The highest BCUT2D eigenvalue weighted by Gasteiger charge is 2.16. The Kier molecular flexibility index (Phi) is 2.59. The number of pyridine rings is 1. The van der Waals surface area contributed by atoms with E-state index in [2.05, 4.69) is 9.72 Å². The van der Waals surface area contributed by atoms with Crippen molar-refractivity contribution in [3.8, 4) is 0 Å². The van der Waals surface area contributed by atoms with Crippen molar-refractivity contribution in [3.63, 3.8) is 0 Å². The minimum atomic E-state index is -1.18. The first-order valence-corrected chi connectivity index (χ1v) is 3.42. The van der Waals surface area contributed by atoms with Crippen molar-refractivity contribution in [1.82, 2.24) is 4.98 Å². The molecule has 0 saturated carbocycles. The number of aromatic nitrogens is 1. The molecule has 0 spiro atoms. The Balaban J connectivity index is 3.19. The third-order valence-electron chi connectivity index (χ3n) is 1.46. The second kappa shape index (κ2) is 3.66. The molecule has 1 aromatic rings. The number of carbonyl (C=O) groups excluding carboxylic acids is 1. The average molecular weight is 181 g/mol. The van der Waals surface area contributed by atoms with Crippen molar-refractivity contribution >= 4 is 11.9 Å². The second-order valence-corrected chi connectivity index (χ2v) is 2.22. The molecule has 0 aromatic carbocycles. The van der Waals surface area contributed by atoms with Gasteiger partial charge in [0.25, 0.3) is 0 Å². The average Bonchev–Trinajstić information content (AvgIpc) is 2.16. The second-order valence-electron chi connectivity index (χ2n) is 2.22. The first-order valence-electron chi connectivity index (χ1n) is 3.42.